The molecule has 0 aliphatic carbocycles. The van der Waals surface area contributed by atoms with Crippen molar-refractivity contribution < 1.29 is 4.79 Å². The normalized spacial score (nSPS) is 10.3. The minimum Gasteiger partial charge on any atom is -0.344 e. The van der Waals surface area contributed by atoms with E-state index < -0.39 is 0 Å². The molecular weight excluding hydrogens is 338 g/mol. The van der Waals surface area contributed by atoms with Gasteiger partial charge in [0.1, 0.15) is 0 Å². The van der Waals surface area contributed by atoms with Crippen molar-refractivity contribution in [1.82, 2.24) is 10.2 Å². The van der Waals surface area contributed by atoms with Crippen molar-refractivity contribution in [2.24, 2.45) is 0 Å². The van der Waals surface area contributed by atoms with Crippen LogP contribution in [0, 0.1) is 11.3 Å². The van der Waals surface area contributed by atoms with Crippen LogP contribution in [-0.2, 0) is 11.3 Å². The minimum atomic E-state index is -0.275. The maximum absolute atomic E-state index is 12.0. The Morgan fingerprint density at radius 3 is 2.75 bits per heavy atom. The Balaban J connectivity index is 1.96. The van der Waals surface area contributed by atoms with Gasteiger partial charge in [-0.15, -0.1) is 11.3 Å². The Morgan fingerprint density at radius 2 is 2.08 bits per heavy atom. The van der Waals surface area contributed by atoms with Crippen LogP contribution in [0.4, 0.5) is 0 Å². The highest BCUT2D eigenvalue weighted by molar-refractivity contribution is 7.80. The molecule has 1 amide bonds. The van der Waals surface area contributed by atoms with Gasteiger partial charge in [-0.1, -0.05) is 36.4 Å². The van der Waals surface area contributed by atoms with Crippen molar-refractivity contribution >= 4 is 40.7 Å². The Bertz CT molecular complexity index is 733. The van der Waals surface area contributed by atoms with E-state index in [2.05, 4.69) is 11.4 Å². The highest BCUT2D eigenvalue weighted by atomic mass is 32.1. The lowest BCUT2D eigenvalue weighted by Gasteiger charge is -2.24. The summed E-state index contributed by atoms with van der Waals surface area (Å²) in [5, 5.41) is 13.8. The monoisotopic (exact) mass is 355 g/mol. The van der Waals surface area contributed by atoms with Crippen molar-refractivity contribution in [3.8, 4) is 6.07 Å². The van der Waals surface area contributed by atoms with Crippen LogP contribution in [-0.4, -0.2) is 22.5 Å². The predicted octanol–water partition coefficient (Wildman–Crippen LogP) is 3.58. The summed E-state index contributed by atoms with van der Waals surface area (Å²) in [4.78, 5) is 14.8. The van der Waals surface area contributed by atoms with E-state index in [4.69, 9.17) is 17.5 Å². The topological polar surface area (TPSA) is 56.1 Å². The molecule has 2 rings (SSSR count). The molecule has 0 fully saturated rings. The maximum Gasteiger partial charge on any atom is 0.250 e. The van der Waals surface area contributed by atoms with Crippen LogP contribution in [0.15, 0.2) is 53.9 Å². The zero-order valence-electron chi connectivity index (χ0n) is 13.0. The molecule has 0 atom stereocenters. The fourth-order valence-corrected chi connectivity index (χ4v) is 2.89. The molecule has 0 unspecified atom stereocenters. The summed E-state index contributed by atoms with van der Waals surface area (Å²) in [6.07, 6.45) is 3.55. The van der Waals surface area contributed by atoms with Crippen molar-refractivity contribution in [3.05, 3.63) is 64.4 Å². The first-order chi connectivity index (χ1) is 11.7. The largest absolute Gasteiger partial charge is 0.344 e. The van der Waals surface area contributed by atoms with Gasteiger partial charge in [0.05, 0.1) is 12.5 Å². The molecule has 6 heteroatoms. The number of thiocarbonyl (C=S) groups is 1. The molecule has 4 nitrogen and oxygen atoms in total. The third kappa shape index (κ3) is 5.95. The lowest BCUT2D eigenvalue weighted by molar-refractivity contribution is -0.115. The Labute approximate surface area is 151 Å². The Hall–Kier alpha value is -2.49. The van der Waals surface area contributed by atoms with Gasteiger partial charge in [-0.2, -0.15) is 5.26 Å². The SMILES string of the molecule is N#CCCN(Cc1ccccc1)C(=S)NC(=O)/C=C/c1cccs1. The number of rotatable bonds is 6. The molecule has 0 radical (unpaired) electrons. The van der Waals surface area contributed by atoms with Crippen molar-refractivity contribution in [3.63, 3.8) is 0 Å². The van der Waals surface area contributed by atoms with E-state index in [1.165, 1.54) is 6.08 Å². The number of carbonyl (C=O) groups excluding carboxylic acids is 1. The maximum atomic E-state index is 12.0. The first kappa shape index (κ1) is 17.9. The van der Waals surface area contributed by atoms with Gasteiger partial charge < -0.3 is 4.90 Å². The van der Waals surface area contributed by atoms with Gasteiger partial charge in [-0.3, -0.25) is 10.1 Å². The summed E-state index contributed by atoms with van der Waals surface area (Å²) in [6.45, 7) is 1.02. The van der Waals surface area contributed by atoms with Crippen molar-refractivity contribution in [1.29, 1.82) is 5.26 Å². The van der Waals surface area contributed by atoms with E-state index in [0.29, 0.717) is 24.6 Å². The van der Waals surface area contributed by atoms with Gasteiger partial charge in [0, 0.05) is 24.0 Å². The molecule has 0 saturated carbocycles. The van der Waals surface area contributed by atoms with E-state index in [1.807, 2.05) is 52.7 Å². The Kier molecular flexibility index (Phi) is 7.15. The smallest absolute Gasteiger partial charge is 0.250 e. The standard InChI is InChI=1S/C18H17N3OS2/c19-11-5-12-21(14-15-6-2-1-3-7-15)18(23)20-17(22)10-9-16-8-4-13-24-16/h1-4,6-10,13H,5,12,14H2,(H,20,22,23)/b10-9+. The molecule has 1 aromatic carbocycles. The van der Waals surface area contributed by atoms with Crippen LogP contribution in [0.25, 0.3) is 6.08 Å². The number of nitriles is 1. The number of hydrogen-bond donors (Lipinski definition) is 1. The lowest BCUT2D eigenvalue weighted by atomic mass is 10.2. The molecule has 1 heterocycles. The second-order valence-electron chi connectivity index (χ2n) is 4.96. The molecular formula is C18H17N3OS2. The number of amides is 1. The highest BCUT2D eigenvalue weighted by Crippen LogP contribution is 2.10. The molecule has 1 N–H and O–H groups in total. The summed E-state index contributed by atoms with van der Waals surface area (Å²) in [5.41, 5.74) is 1.07. The van der Waals surface area contributed by atoms with Crippen LogP contribution < -0.4 is 5.32 Å². The molecule has 24 heavy (non-hydrogen) atoms. The number of thiophene rings is 1. The molecule has 0 spiro atoms. The fraction of sp³-hybridized carbons (Fsp3) is 0.167. The van der Waals surface area contributed by atoms with Gasteiger partial charge in [-0.05, 0) is 35.3 Å². The van der Waals surface area contributed by atoms with Gasteiger partial charge >= 0.3 is 0 Å². The quantitative estimate of drug-likeness (QED) is 0.636. The molecule has 1 aromatic heterocycles. The van der Waals surface area contributed by atoms with Crippen LogP contribution in [0.1, 0.15) is 16.9 Å². The first-order valence-electron chi connectivity index (χ1n) is 7.41. The molecule has 0 aliphatic rings. The van der Waals surface area contributed by atoms with Crippen molar-refractivity contribution in [2.45, 2.75) is 13.0 Å². The number of nitrogens with zero attached hydrogens (tertiary/aromatic N) is 2. The van der Waals surface area contributed by atoms with Gasteiger partial charge in [0.15, 0.2) is 5.11 Å². The summed E-state index contributed by atoms with van der Waals surface area (Å²) in [5.74, 6) is -0.275. The minimum absolute atomic E-state index is 0.275. The van der Waals surface area contributed by atoms with Gasteiger partial charge in [-0.25, -0.2) is 0 Å². The molecule has 0 bridgehead atoms. The fourth-order valence-electron chi connectivity index (χ4n) is 2.01. The molecule has 0 saturated heterocycles. The summed E-state index contributed by atoms with van der Waals surface area (Å²) < 4.78 is 0. The summed E-state index contributed by atoms with van der Waals surface area (Å²) >= 11 is 6.89. The summed E-state index contributed by atoms with van der Waals surface area (Å²) in [7, 11) is 0. The van der Waals surface area contributed by atoms with E-state index >= 15 is 0 Å². The van der Waals surface area contributed by atoms with Crippen LogP contribution >= 0.6 is 23.6 Å². The zero-order chi connectivity index (χ0) is 17.2. The second kappa shape index (κ2) is 9.60. The van der Waals surface area contributed by atoms with E-state index in [9.17, 15) is 4.79 Å². The van der Waals surface area contributed by atoms with Crippen LogP contribution in [0.5, 0.6) is 0 Å². The second-order valence-corrected chi connectivity index (χ2v) is 6.32. The molecule has 122 valence electrons. The van der Waals surface area contributed by atoms with Crippen molar-refractivity contribution in [2.75, 3.05) is 6.54 Å². The summed E-state index contributed by atoms with van der Waals surface area (Å²) in [6, 6.07) is 15.8. The third-order valence-corrected chi connectivity index (χ3v) is 4.37. The number of carbonyl (C=O) groups is 1. The third-order valence-electron chi connectivity index (χ3n) is 3.17. The number of benzene rings is 1. The van der Waals surface area contributed by atoms with E-state index in [-0.39, 0.29) is 5.91 Å². The van der Waals surface area contributed by atoms with E-state index in [1.54, 1.807) is 17.4 Å². The lowest BCUT2D eigenvalue weighted by Crippen LogP contribution is -2.42. The number of hydrogen-bond acceptors (Lipinski definition) is 4. The molecule has 0 aliphatic heterocycles. The predicted molar refractivity (Wildman–Crippen MR) is 101 cm³/mol. The average Bonchev–Trinajstić information content (AvgIpc) is 3.11. The Morgan fingerprint density at radius 1 is 1.29 bits per heavy atom. The highest BCUT2D eigenvalue weighted by Gasteiger charge is 2.12. The average molecular weight is 355 g/mol. The molecule has 2 aromatic rings. The van der Waals surface area contributed by atoms with E-state index in [0.717, 1.165) is 10.4 Å². The van der Waals surface area contributed by atoms with Gasteiger partial charge in [0.2, 0.25) is 5.91 Å². The zero-order valence-corrected chi connectivity index (χ0v) is 14.6. The van der Waals surface area contributed by atoms with Crippen LogP contribution in [0.3, 0.4) is 0 Å². The first-order valence-corrected chi connectivity index (χ1v) is 8.70. The number of nitrogens with one attached hydrogen (secondary N) is 1. The van der Waals surface area contributed by atoms with Gasteiger partial charge in [0.25, 0.3) is 0 Å². The van der Waals surface area contributed by atoms with Crippen LogP contribution in [0.2, 0.25) is 0 Å².